The summed E-state index contributed by atoms with van der Waals surface area (Å²) in [6, 6.07) is 8.01. The van der Waals surface area contributed by atoms with Crippen LogP contribution in [0.4, 0.5) is 23.4 Å². The number of aromatic nitrogens is 2. The number of aromatic amines is 1. The first kappa shape index (κ1) is 22.9. The predicted molar refractivity (Wildman–Crippen MR) is 120 cm³/mol. The van der Waals surface area contributed by atoms with Crippen molar-refractivity contribution in [2.24, 2.45) is 0 Å². The second-order valence-corrected chi connectivity index (χ2v) is 8.35. The largest absolute Gasteiger partial charge is 0.383 e. The van der Waals surface area contributed by atoms with Gasteiger partial charge in [-0.1, -0.05) is 12.1 Å². The van der Waals surface area contributed by atoms with E-state index < -0.39 is 53.4 Å². The van der Waals surface area contributed by atoms with E-state index in [9.17, 15) is 22.4 Å². The molecular formula is C25H20F4N4O2. The van der Waals surface area contributed by atoms with Crippen molar-refractivity contribution in [1.29, 1.82) is 0 Å². The Balaban J connectivity index is 1.58. The van der Waals surface area contributed by atoms with Crippen molar-refractivity contribution in [2.45, 2.75) is 32.7 Å². The molecule has 2 aromatic carbocycles. The lowest BCUT2D eigenvalue weighted by Gasteiger charge is -2.23. The maximum atomic E-state index is 14.4. The second kappa shape index (κ2) is 8.70. The van der Waals surface area contributed by atoms with Crippen LogP contribution in [-0.2, 0) is 24.4 Å². The number of ether oxygens (including phenoxy) is 1. The number of nitrogen functional groups attached to an aromatic ring is 1. The van der Waals surface area contributed by atoms with Crippen LogP contribution >= 0.6 is 0 Å². The normalized spacial score (nSPS) is 14.9. The minimum atomic E-state index is -0.883. The fourth-order valence-corrected chi connectivity index (χ4v) is 4.37. The van der Waals surface area contributed by atoms with E-state index in [1.807, 2.05) is 6.92 Å². The Morgan fingerprint density at radius 3 is 2.14 bits per heavy atom. The van der Waals surface area contributed by atoms with Crippen molar-refractivity contribution >= 4 is 22.8 Å². The molecule has 4 aromatic rings. The van der Waals surface area contributed by atoms with E-state index in [2.05, 4.69) is 9.97 Å². The Morgan fingerprint density at radius 1 is 1.06 bits per heavy atom. The van der Waals surface area contributed by atoms with Gasteiger partial charge < -0.3 is 20.4 Å². The minimum Gasteiger partial charge on any atom is -0.383 e. The number of carbonyl (C=O) groups is 1. The number of fused-ring (bicyclic) bond motifs is 3. The molecule has 0 spiro atoms. The molecule has 0 fully saturated rings. The molecule has 180 valence electrons. The Hall–Kier alpha value is -3.92. The number of hydrogen-bond acceptors (Lipinski definition) is 4. The smallest absolute Gasteiger partial charge is 0.270 e. The standard InChI is InChI=1S/C25H20F4N4O2/c1-12-22-15(11-35-12)23-20(32-24(22)30)8-21(31-23)25(34)33(9-13-16(26)4-2-5-17(13)27)10-14-18(28)6-3-7-19(14)29/h2-8,12,31H,9-11H2,1H3,(H2,30,32)/t12-/m1/s1. The molecule has 0 unspecified atom stereocenters. The molecule has 5 rings (SSSR count). The third kappa shape index (κ3) is 3.99. The molecule has 1 atom stereocenters. The molecule has 0 saturated carbocycles. The quantitative estimate of drug-likeness (QED) is 0.385. The number of amides is 1. The van der Waals surface area contributed by atoms with Gasteiger partial charge in [0.2, 0.25) is 0 Å². The van der Waals surface area contributed by atoms with E-state index in [0.717, 1.165) is 40.3 Å². The molecule has 3 N–H and O–H groups in total. The van der Waals surface area contributed by atoms with Gasteiger partial charge in [0.25, 0.3) is 5.91 Å². The first-order chi connectivity index (χ1) is 16.7. The van der Waals surface area contributed by atoms with E-state index in [0.29, 0.717) is 11.0 Å². The van der Waals surface area contributed by atoms with Gasteiger partial charge in [0.15, 0.2) is 0 Å². The molecule has 0 bridgehead atoms. The highest BCUT2D eigenvalue weighted by Gasteiger charge is 2.29. The van der Waals surface area contributed by atoms with Crippen LogP contribution in [0.25, 0.3) is 11.0 Å². The van der Waals surface area contributed by atoms with Gasteiger partial charge in [-0.3, -0.25) is 4.79 Å². The molecule has 0 radical (unpaired) electrons. The van der Waals surface area contributed by atoms with Crippen molar-refractivity contribution in [1.82, 2.24) is 14.9 Å². The van der Waals surface area contributed by atoms with E-state index in [1.54, 1.807) is 0 Å². The van der Waals surface area contributed by atoms with Crippen molar-refractivity contribution in [3.63, 3.8) is 0 Å². The molecule has 1 aliphatic heterocycles. The van der Waals surface area contributed by atoms with Crippen molar-refractivity contribution < 1.29 is 27.1 Å². The van der Waals surface area contributed by atoms with Gasteiger partial charge in [0.1, 0.15) is 34.8 Å². The number of nitrogens with two attached hydrogens (primary N) is 1. The number of anilines is 1. The predicted octanol–water partition coefficient (Wildman–Crippen LogP) is 5.14. The highest BCUT2D eigenvalue weighted by Crippen LogP contribution is 2.38. The van der Waals surface area contributed by atoms with Gasteiger partial charge in [-0.05, 0) is 37.3 Å². The average molecular weight is 484 g/mol. The zero-order valence-electron chi connectivity index (χ0n) is 18.5. The number of carbonyl (C=O) groups excluding carboxylic acids is 1. The summed E-state index contributed by atoms with van der Waals surface area (Å²) >= 11 is 0. The van der Waals surface area contributed by atoms with Gasteiger partial charge >= 0.3 is 0 Å². The maximum absolute atomic E-state index is 14.4. The van der Waals surface area contributed by atoms with Crippen LogP contribution in [0.5, 0.6) is 0 Å². The Morgan fingerprint density at radius 2 is 1.60 bits per heavy atom. The first-order valence-electron chi connectivity index (χ1n) is 10.8. The molecule has 1 amide bonds. The number of nitrogens with one attached hydrogen (secondary N) is 1. The average Bonchev–Trinajstić information content (AvgIpc) is 3.41. The van der Waals surface area contributed by atoms with Gasteiger partial charge in [0, 0.05) is 22.3 Å². The van der Waals surface area contributed by atoms with Crippen LogP contribution in [0.15, 0.2) is 42.5 Å². The lowest BCUT2D eigenvalue weighted by atomic mass is 10.1. The summed E-state index contributed by atoms with van der Waals surface area (Å²) in [5.74, 6) is -3.99. The van der Waals surface area contributed by atoms with Gasteiger partial charge in [-0.15, -0.1) is 0 Å². The van der Waals surface area contributed by atoms with Crippen molar-refractivity contribution in [3.05, 3.63) is 93.7 Å². The molecule has 3 heterocycles. The summed E-state index contributed by atoms with van der Waals surface area (Å²) in [6.45, 7) is 0.972. The van der Waals surface area contributed by atoms with Crippen molar-refractivity contribution in [2.75, 3.05) is 5.73 Å². The van der Waals surface area contributed by atoms with E-state index in [4.69, 9.17) is 10.5 Å². The number of rotatable bonds is 5. The molecule has 35 heavy (non-hydrogen) atoms. The highest BCUT2D eigenvalue weighted by atomic mass is 19.1. The molecule has 0 aliphatic carbocycles. The molecule has 1 aliphatic rings. The molecular weight excluding hydrogens is 464 g/mol. The van der Waals surface area contributed by atoms with E-state index in [1.165, 1.54) is 18.2 Å². The summed E-state index contributed by atoms with van der Waals surface area (Å²) in [5, 5.41) is 0. The summed E-state index contributed by atoms with van der Waals surface area (Å²) in [4.78, 5) is 21.8. The fourth-order valence-electron chi connectivity index (χ4n) is 4.37. The Labute approximate surface area is 197 Å². The van der Waals surface area contributed by atoms with Crippen LogP contribution in [0.3, 0.4) is 0 Å². The van der Waals surface area contributed by atoms with Crippen LogP contribution in [0.2, 0.25) is 0 Å². The number of halogens is 4. The van der Waals surface area contributed by atoms with Crippen LogP contribution in [0, 0.1) is 23.3 Å². The summed E-state index contributed by atoms with van der Waals surface area (Å²) in [6.07, 6.45) is -0.270. The van der Waals surface area contributed by atoms with E-state index in [-0.39, 0.29) is 24.2 Å². The summed E-state index contributed by atoms with van der Waals surface area (Å²) in [5.41, 5.74) is 7.70. The van der Waals surface area contributed by atoms with Crippen LogP contribution in [-0.4, -0.2) is 20.8 Å². The Bertz CT molecular complexity index is 1380. The monoisotopic (exact) mass is 484 g/mol. The number of benzene rings is 2. The molecule has 6 nitrogen and oxygen atoms in total. The third-order valence-corrected chi connectivity index (χ3v) is 6.16. The zero-order valence-corrected chi connectivity index (χ0v) is 18.5. The van der Waals surface area contributed by atoms with Gasteiger partial charge in [-0.25, -0.2) is 22.5 Å². The van der Waals surface area contributed by atoms with Crippen molar-refractivity contribution in [3.8, 4) is 0 Å². The number of nitrogens with zero attached hydrogens (tertiary/aromatic N) is 2. The lowest BCUT2D eigenvalue weighted by Crippen LogP contribution is -2.32. The topological polar surface area (TPSA) is 84.2 Å². The number of hydrogen-bond donors (Lipinski definition) is 2. The molecule has 0 saturated heterocycles. The molecule has 2 aromatic heterocycles. The van der Waals surface area contributed by atoms with E-state index >= 15 is 0 Å². The van der Waals surface area contributed by atoms with Gasteiger partial charge in [-0.2, -0.15) is 0 Å². The van der Waals surface area contributed by atoms with Gasteiger partial charge in [0.05, 0.1) is 36.8 Å². The second-order valence-electron chi connectivity index (χ2n) is 8.35. The molecule has 10 heteroatoms. The summed E-state index contributed by atoms with van der Waals surface area (Å²) in [7, 11) is 0. The fraction of sp³-hybridized carbons (Fsp3) is 0.200. The highest BCUT2D eigenvalue weighted by molar-refractivity contribution is 5.98. The lowest BCUT2D eigenvalue weighted by molar-refractivity contribution is 0.0717. The third-order valence-electron chi connectivity index (χ3n) is 6.16. The van der Waals surface area contributed by atoms with Crippen LogP contribution in [0.1, 0.15) is 45.8 Å². The summed E-state index contributed by atoms with van der Waals surface area (Å²) < 4.78 is 63.2. The first-order valence-corrected chi connectivity index (χ1v) is 10.8. The SMILES string of the molecule is C[C@H]1OCc2c1c(N)nc1cc(C(=O)N(Cc3c(F)cccc3F)Cc3c(F)cccc3F)[nH]c21. The van der Waals surface area contributed by atoms with Crippen LogP contribution < -0.4 is 5.73 Å². The maximum Gasteiger partial charge on any atom is 0.270 e. The zero-order chi connectivity index (χ0) is 24.9. The number of pyridine rings is 1. The number of H-pyrrole nitrogens is 1. The minimum absolute atomic E-state index is 0.0216. The Kier molecular flexibility index (Phi) is 5.68.